The average Bonchev–Trinajstić information content (AvgIpc) is 2.50. The van der Waals surface area contributed by atoms with Crippen LogP contribution in [0.1, 0.15) is 5.56 Å². The van der Waals surface area contributed by atoms with E-state index in [4.69, 9.17) is 16.6 Å². The Kier molecular flexibility index (Phi) is 4.55. The van der Waals surface area contributed by atoms with E-state index < -0.39 is 0 Å². The molecule has 0 saturated heterocycles. The highest BCUT2D eigenvalue weighted by molar-refractivity contribution is 9.15. The molecule has 0 radical (unpaired) electrons. The summed E-state index contributed by atoms with van der Waals surface area (Å²) in [7, 11) is 0. The molecule has 2 rings (SSSR count). The van der Waals surface area contributed by atoms with Crippen molar-refractivity contribution in [2.75, 3.05) is 0 Å². The van der Waals surface area contributed by atoms with Gasteiger partial charge < -0.3 is 4.74 Å². The van der Waals surface area contributed by atoms with Gasteiger partial charge in [0, 0.05) is 4.48 Å². The fourth-order valence-electron chi connectivity index (χ4n) is 1.55. The van der Waals surface area contributed by atoms with Gasteiger partial charge in [0.15, 0.2) is 0 Å². The first-order chi connectivity index (χ1) is 9.74. The maximum Gasteiger partial charge on any atom is 0.276 e. The number of rotatable bonds is 3. The molecule has 2 aromatic rings. The van der Waals surface area contributed by atoms with Gasteiger partial charge in [0.25, 0.3) is 5.70 Å². The topological polar surface area (TPSA) is 37.4 Å². The fourth-order valence-corrected chi connectivity index (χ4v) is 2.00. The summed E-state index contributed by atoms with van der Waals surface area (Å²) in [5.41, 5.74) is 0.791. The van der Waals surface area contributed by atoms with E-state index in [1.807, 2.05) is 36.4 Å². The van der Waals surface area contributed by atoms with Gasteiger partial charge in [0.2, 0.25) is 0 Å². The summed E-state index contributed by atoms with van der Waals surface area (Å²) in [6.07, 6.45) is 0. The van der Waals surface area contributed by atoms with Crippen LogP contribution in [0.2, 0.25) is 0 Å². The van der Waals surface area contributed by atoms with Crippen molar-refractivity contribution < 1.29 is 4.74 Å². The largest absolute Gasteiger partial charge is 0.457 e. The molecule has 0 N–H and O–H groups in total. The third-order valence-electron chi connectivity index (χ3n) is 2.51. The number of hydrogen-bond donors (Lipinski definition) is 0. The maximum absolute atomic E-state index is 8.83. The lowest BCUT2D eigenvalue weighted by atomic mass is 10.2. The lowest BCUT2D eigenvalue weighted by molar-refractivity contribution is 0.482. The second kappa shape index (κ2) is 6.56. The summed E-state index contributed by atoms with van der Waals surface area (Å²) < 4.78 is 6.16. The fraction of sp³-hybridized carbons (Fsp3) is 0. The summed E-state index contributed by atoms with van der Waals surface area (Å²) in [4.78, 5) is 3.16. The van der Waals surface area contributed by atoms with Gasteiger partial charge in [-0.3, -0.25) is 0 Å². The molecule has 0 atom stereocenters. The van der Waals surface area contributed by atoms with Crippen LogP contribution < -0.4 is 4.74 Å². The van der Waals surface area contributed by atoms with Crippen LogP contribution in [0.25, 0.3) is 9.33 Å². The Labute approximate surface area is 125 Å². The van der Waals surface area contributed by atoms with Crippen molar-refractivity contribution in [3.05, 3.63) is 77.3 Å². The van der Waals surface area contributed by atoms with E-state index in [9.17, 15) is 0 Å². The Morgan fingerprint density at radius 2 is 1.65 bits per heavy atom. The van der Waals surface area contributed by atoms with Gasteiger partial charge in [-0.25, -0.2) is 10.1 Å². The molecule has 0 aromatic heterocycles. The highest BCUT2D eigenvalue weighted by Gasteiger charge is 2.06. The third kappa shape index (κ3) is 3.26. The molecule has 2 aromatic carbocycles. The molecule has 0 heterocycles. The van der Waals surface area contributed by atoms with E-state index in [2.05, 4.69) is 20.8 Å². The van der Waals surface area contributed by atoms with Crippen LogP contribution in [0.4, 0.5) is 0 Å². The molecule has 0 bridgehead atoms. The Hall–Kier alpha value is -2.56. The number of halogens is 1. The van der Waals surface area contributed by atoms with Crippen LogP contribution in [0.15, 0.2) is 60.3 Å². The third-order valence-corrected chi connectivity index (χ3v) is 3.35. The monoisotopic (exact) mass is 324 g/mol. The Bertz CT molecular complexity index is 691. The predicted molar refractivity (Wildman–Crippen MR) is 81.0 cm³/mol. The molecular weight excluding hydrogens is 316 g/mol. The number of ether oxygens (including phenoxy) is 1. The highest BCUT2D eigenvalue weighted by Crippen LogP contribution is 2.28. The van der Waals surface area contributed by atoms with E-state index in [-0.39, 0.29) is 5.70 Å². The summed E-state index contributed by atoms with van der Waals surface area (Å²) in [5, 5.41) is 8.83. The van der Waals surface area contributed by atoms with Crippen molar-refractivity contribution in [3.63, 3.8) is 0 Å². The molecule has 3 nitrogen and oxygen atoms in total. The summed E-state index contributed by atoms with van der Waals surface area (Å²) in [5.74, 6) is 1.45. The van der Waals surface area contributed by atoms with Crippen molar-refractivity contribution in [2.45, 2.75) is 0 Å². The van der Waals surface area contributed by atoms with Crippen molar-refractivity contribution in [1.29, 1.82) is 5.26 Å². The molecule has 0 unspecified atom stereocenters. The van der Waals surface area contributed by atoms with E-state index in [1.54, 1.807) is 24.3 Å². The highest BCUT2D eigenvalue weighted by atomic mass is 79.9. The molecule has 0 fully saturated rings. The molecule has 0 saturated carbocycles. The maximum atomic E-state index is 8.83. The number of nitriles is 1. The van der Waals surface area contributed by atoms with Crippen molar-refractivity contribution in [2.24, 2.45) is 0 Å². The first kappa shape index (κ1) is 13.9. The van der Waals surface area contributed by atoms with Gasteiger partial charge in [-0.15, -0.1) is 0 Å². The van der Waals surface area contributed by atoms with E-state index in [0.29, 0.717) is 10.2 Å². The zero-order valence-corrected chi connectivity index (χ0v) is 12.0. The minimum Gasteiger partial charge on any atom is -0.457 e. The molecule has 4 heteroatoms. The number of nitrogens with zero attached hydrogens (tertiary/aromatic N) is 2. The quantitative estimate of drug-likeness (QED) is 0.589. The summed E-state index contributed by atoms with van der Waals surface area (Å²) in [6, 6.07) is 18.5. The smallest absolute Gasteiger partial charge is 0.276 e. The molecule has 20 heavy (non-hydrogen) atoms. The van der Waals surface area contributed by atoms with Crippen molar-refractivity contribution in [1.82, 2.24) is 0 Å². The van der Waals surface area contributed by atoms with Crippen LogP contribution in [0.5, 0.6) is 11.5 Å². The second-order valence-corrected chi connectivity index (χ2v) is 4.62. The molecule has 0 aliphatic carbocycles. The minimum absolute atomic E-state index is 0.0294. The zero-order chi connectivity index (χ0) is 14.4. The van der Waals surface area contributed by atoms with Crippen molar-refractivity contribution in [3.8, 4) is 17.6 Å². The van der Waals surface area contributed by atoms with Gasteiger partial charge in [0.05, 0.1) is 12.6 Å². The van der Waals surface area contributed by atoms with Gasteiger partial charge in [-0.2, -0.15) is 0 Å². The molecule has 0 aliphatic rings. The molecule has 96 valence electrons. The van der Waals surface area contributed by atoms with Crippen molar-refractivity contribution >= 4 is 20.4 Å². The van der Waals surface area contributed by atoms with Gasteiger partial charge >= 0.3 is 0 Å². The average molecular weight is 325 g/mol. The Morgan fingerprint density at radius 3 is 2.20 bits per heavy atom. The number of benzene rings is 2. The number of para-hydroxylation sites is 1. The van der Waals surface area contributed by atoms with E-state index in [1.165, 1.54) is 0 Å². The van der Waals surface area contributed by atoms with Crippen LogP contribution in [0, 0.1) is 17.9 Å². The normalized spacial score (nSPS) is 10.9. The lowest BCUT2D eigenvalue weighted by Gasteiger charge is -2.06. The van der Waals surface area contributed by atoms with Crippen LogP contribution in [0.3, 0.4) is 0 Å². The SMILES string of the molecule is [C-]#[N+]/C(C#N)=C(/Br)c1ccc(Oc2ccccc2)cc1. The molecule has 0 aliphatic heterocycles. The van der Waals surface area contributed by atoms with Gasteiger partial charge in [0.1, 0.15) is 11.5 Å². The van der Waals surface area contributed by atoms with Crippen LogP contribution in [-0.2, 0) is 0 Å². The van der Waals surface area contributed by atoms with Gasteiger partial charge in [-0.05, 0) is 29.8 Å². The zero-order valence-electron chi connectivity index (χ0n) is 10.4. The van der Waals surface area contributed by atoms with Crippen LogP contribution in [-0.4, -0.2) is 0 Å². The number of allylic oxidation sites excluding steroid dienone is 1. The number of hydrogen-bond acceptors (Lipinski definition) is 2. The second-order valence-electron chi connectivity index (χ2n) is 3.83. The lowest BCUT2D eigenvalue weighted by Crippen LogP contribution is -1.85. The first-order valence-electron chi connectivity index (χ1n) is 5.75. The van der Waals surface area contributed by atoms with E-state index >= 15 is 0 Å². The molecule has 0 amide bonds. The predicted octanol–water partition coefficient (Wildman–Crippen LogP) is 4.99. The van der Waals surface area contributed by atoms with Gasteiger partial charge in [-0.1, -0.05) is 46.3 Å². The van der Waals surface area contributed by atoms with E-state index in [0.717, 1.165) is 11.3 Å². The van der Waals surface area contributed by atoms with Crippen LogP contribution >= 0.6 is 15.9 Å². The Morgan fingerprint density at radius 1 is 1.05 bits per heavy atom. The minimum atomic E-state index is 0.0294. The summed E-state index contributed by atoms with van der Waals surface area (Å²) >= 11 is 3.27. The summed E-state index contributed by atoms with van der Waals surface area (Å²) in [6.45, 7) is 6.92. The standard InChI is InChI=1S/C16H9BrN2O/c1-19-15(11-18)16(17)12-7-9-14(10-8-12)20-13-5-3-2-4-6-13/h2-10H/b16-15+. The Balaban J connectivity index is 2.22. The molecule has 0 spiro atoms. The first-order valence-corrected chi connectivity index (χ1v) is 6.54. The molecular formula is C16H9BrN2O.